The van der Waals surface area contributed by atoms with E-state index in [0.29, 0.717) is 23.7 Å². The van der Waals surface area contributed by atoms with Crippen LogP contribution in [0.2, 0.25) is 0 Å². The van der Waals surface area contributed by atoms with Crippen molar-refractivity contribution in [2.24, 2.45) is 5.92 Å². The largest absolute Gasteiger partial charge is 0.397 e. The molecule has 0 aliphatic carbocycles. The van der Waals surface area contributed by atoms with Crippen LogP contribution in [0.3, 0.4) is 0 Å². The van der Waals surface area contributed by atoms with Gasteiger partial charge in [0.2, 0.25) is 0 Å². The number of amides is 1. The van der Waals surface area contributed by atoms with Crippen molar-refractivity contribution in [1.82, 2.24) is 5.32 Å². The Hall–Kier alpha value is -1.75. The van der Waals surface area contributed by atoms with E-state index in [4.69, 9.17) is 10.8 Å². The highest BCUT2D eigenvalue weighted by Crippen LogP contribution is 2.29. The Morgan fingerprint density at radius 2 is 2.33 bits per heavy atom. The molecular weight excluding hydrogens is 266 g/mol. The number of nitrogens with two attached hydrogens (primary N) is 1. The van der Waals surface area contributed by atoms with E-state index in [9.17, 15) is 4.79 Å². The predicted octanol–water partition coefficient (Wildman–Crippen LogP) is 1.62. The molecule has 21 heavy (non-hydrogen) atoms. The smallest absolute Gasteiger partial charge is 0.251 e. The molecule has 5 heteroatoms. The second-order valence-electron chi connectivity index (χ2n) is 5.60. The fourth-order valence-electron chi connectivity index (χ4n) is 2.95. The maximum atomic E-state index is 11.8. The van der Waals surface area contributed by atoms with Crippen molar-refractivity contribution < 1.29 is 9.90 Å². The lowest BCUT2D eigenvalue weighted by atomic mass is 9.94. The molecule has 2 rings (SSSR count). The van der Waals surface area contributed by atoms with E-state index < -0.39 is 0 Å². The molecule has 0 bridgehead atoms. The summed E-state index contributed by atoms with van der Waals surface area (Å²) >= 11 is 0. The molecule has 0 saturated carbocycles. The van der Waals surface area contributed by atoms with E-state index >= 15 is 0 Å². The van der Waals surface area contributed by atoms with Crippen molar-refractivity contribution in [3.8, 4) is 0 Å². The van der Waals surface area contributed by atoms with Crippen molar-refractivity contribution in [2.75, 3.05) is 36.9 Å². The van der Waals surface area contributed by atoms with Gasteiger partial charge < -0.3 is 21.1 Å². The van der Waals surface area contributed by atoms with Gasteiger partial charge in [-0.2, -0.15) is 0 Å². The average molecular weight is 291 g/mol. The number of rotatable bonds is 5. The van der Waals surface area contributed by atoms with Crippen molar-refractivity contribution in [3.63, 3.8) is 0 Å². The summed E-state index contributed by atoms with van der Waals surface area (Å²) in [6.07, 6.45) is 3.11. The van der Waals surface area contributed by atoms with Crippen LogP contribution in [0.4, 0.5) is 11.4 Å². The Morgan fingerprint density at radius 1 is 1.52 bits per heavy atom. The van der Waals surface area contributed by atoms with Crippen LogP contribution < -0.4 is 16.0 Å². The van der Waals surface area contributed by atoms with Crippen LogP contribution in [0, 0.1) is 5.92 Å². The molecule has 1 aliphatic heterocycles. The topological polar surface area (TPSA) is 78.6 Å². The average Bonchev–Trinajstić information content (AvgIpc) is 2.48. The van der Waals surface area contributed by atoms with Crippen molar-refractivity contribution >= 4 is 17.3 Å². The second-order valence-corrected chi connectivity index (χ2v) is 5.60. The van der Waals surface area contributed by atoms with Gasteiger partial charge in [0.05, 0.1) is 11.4 Å². The van der Waals surface area contributed by atoms with Crippen molar-refractivity contribution in [2.45, 2.75) is 26.2 Å². The summed E-state index contributed by atoms with van der Waals surface area (Å²) < 4.78 is 0. The SMILES string of the molecule is CCNC(=O)c1ccc(N2CCCC(CCO)C2)c(N)c1. The maximum absolute atomic E-state index is 11.8. The van der Waals surface area contributed by atoms with Crippen LogP contribution in [0.25, 0.3) is 0 Å². The molecule has 1 aromatic carbocycles. The molecule has 0 radical (unpaired) electrons. The molecule has 1 unspecified atom stereocenters. The van der Waals surface area contributed by atoms with E-state index in [1.165, 1.54) is 0 Å². The molecule has 5 nitrogen and oxygen atoms in total. The van der Waals surface area contributed by atoms with Crippen LogP contribution >= 0.6 is 0 Å². The number of benzene rings is 1. The molecule has 1 heterocycles. The first-order valence-corrected chi connectivity index (χ1v) is 7.69. The molecular formula is C16H25N3O2. The molecule has 0 aromatic heterocycles. The number of carbonyl (C=O) groups excluding carboxylic acids is 1. The number of aliphatic hydroxyl groups is 1. The first kappa shape index (κ1) is 15.6. The van der Waals surface area contributed by atoms with E-state index in [1.807, 2.05) is 19.1 Å². The molecule has 1 aliphatic rings. The third-order valence-electron chi connectivity index (χ3n) is 4.02. The zero-order valence-electron chi connectivity index (χ0n) is 12.6. The van der Waals surface area contributed by atoms with Crippen LogP contribution in [0.1, 0.15) is 36.5 Å². The number of carbonyl (C=O) groups is 1. The Bertz CT molecular complexity index is 488. The van der Waals surface area contributed by atoms with Gasteiger partial charge in [0.15, 0.2) is 0 Å². The highest BCUT2D eigenvalue weighted by molar-refractivity contribution is 5.96. The van der Waals surface area contributed by atoms with Crippen LogP contribution in [0.5, 0.6) is 0 Å². The van der Waals surface area contributed by atoms with E-state index in [-0.39, 0.29) is 12.5 Å². The third-order valence-corrected chi connectivity index (χ3v) is 4.02. The van der Waals surface area contributed by atoms with Gasteiger partial charge in [-0.05, 0) is 50.3 Å². The van der Waals surface area contributed by atoms with Gasteiger partial charge in [0.1, 0.15) is 0 Å². The second kappa shape index (κ2) is 7.31. The number of nitrogens with one attached hydrogen (secondary N) is 1. The monoisotopic (exact) mass is 291 g/mol. The summed E-state index contributed by atoms with van der Waals surface area (Å²) in [4.78, 5) is 14.1. The zero-order chi connectivity index (χ0) is 15.2. The zero-order valence-corrected chi connectivity index (χ0v) is 12.6. The summed E-state index contributed by atoms with van der Waals surface area (Å²) in [6, 6.07) is 5.50. The number of aliphatic hydroxyl groups excluding tert-OH is 1. The normalized spacial score (nSPS) is 18.6. The molecule has 116 valence electrons. The fourth-order valence-corrected chi connectivity index (χ4v) is 2.95. The number of hydrogen-bond acceptors (Lipinski definition) is 4. The Balaban J connectivity index is 2.11. The summed E-state index contributed by atoms with van der Waals surface area (Å²) in [5.74, 6) is 0.429. The molecule has 1 atom stereocenters. The van der Waals surface area contributed by atoms with E-state index in [0.717, 1.165) is 38.0 Å². The van der Waals surface area contributed by atoms with Crippen molar-refractivity contribution in [1.29, 1.82) is 0 Å². The summed E-state index contributed by atoms with van der Waals surface area (Å²) in [7, 11) is 0. The fraction of sp³-hybridized carbons (Fsp3) is 0.562. The number of nitrogen functional groups attached to an aromatic ring is 1. The van der Waals surface area contributed by atoms with Gasteiger partial charge >= 0.3 is 0 Å². The number of piperidine rings is 1. The summed E-state index contributed by atoms with van der Waals surface area (Å²) in [6.45, 7) is 4.64. The van der Waals surface area contributed by atoms with Gasteiger partial charge in [0.25, 0.3) is 5.91 Å². The predicted molar refractivity (Wildman–Crippen MR) is 85.5 cm³/mol. The highest BCUT2D eigenvalue weighted by Gasteiger charge is 2.21. The molecule has 4 N–H and O–H groups in total. The van der Waals surface area contributed by atoms with Crippen molar-refractivity contribution in [3.05, 3.63) is 23.8 Å². The Kier molecular flexibility index (Phi) is 5.44. The lowest BCUT2D eigenvalue weighted by Gasteiger charge is -2.35. The van der Waals surface area contributed by atoms with Gasteiger partial charge in [-0.3, -0.25) is 4.79 Å². The maximum Gasteiger partial charge on any atom is 0.251 e. The van der Waals surface area contributed by atoms with E-state index in [1.54, 1.807) is 6.07 Å². The Labute approximate surface area is 126 Å². The van der Waals surface area contributed by atoms with Crippen LogP contribution in [-0.4, -0.2) is 37.3 Å². The molecule has 1 fully saturated rings. The molecule has 1 amide bonds. The summed E-state index contributed by atoms with van der Waals surface area (Å²) in [5, 5.41) is 11.9. The van der Waals surface area contributed by atoms with Crippen LogP contribution in [0.15, 0.2) is 18.2 Å². The van der Waals surface area contributed by atoms with Gasteiger partial charge in [-0.25, -0.2) is 0 Å². The number of anilines is 2. The van der Waals surface area contributed by atoms with Gasteiger partial charge in [0, 0.05) is 31.8 Å². The molecule has 0 spiro atoms. The minimum Gasteiger partial charge on any atom is -0.397 e. The first-order chi connectivity index (χ1) is 10.2. The number of hydrogen-bond donors (Lipinski definition) is 3. The highest BCUT2D eigenvalue weighted by atomic mass is 16.3. The first-order valence-electron chi connectivity index (χ1n) is 7.69. The van der Waals surface area contributed by atoms with Gasteiger partial charge in [-0.15, -0.1) is 0 Å². The Morgan fingerprint density at radius 3 is 3.00 bits per heavy atom. The minimum absolute atomic E-state index is 0.0902. The molecule has 1 aromatic rings. The summed E-state index contributed by atoms with van der Waals surface area (Å²) in [5.41, 5.74) is 8.37. The minimum atomic E-state index is -0.0902. The van der Waals surface area contributed by atoms with E-state index in [2.05, 4.69) is 10.2 Å². The standard InChI is InChI=1S/C16H25N3O2/c1-2-18-16(21)13-5-6-15(14(17)10-13)19-8-3-4-12(11-19)7-9-20/h5-6,10,12,20H,2-4,7-9,11,17H2,1H3,(H,18,21). The lowest BCUT2D eigenvalue weighted by molar-refractivity contribution is 0.0956. The van der Waals surface area contributed by atoms with Crippen LogP contribution in [-0.2, 0) is 0 Å². The van der Waals surface area contributed by atoms with Gasteiger partial charge in [-0.1, -0.05) is 0 Å². The molecule has 1 saturated heterocycles. The lowest BCUT2D eigenvalue weighted by Crippen LogP contribution is -2.36. The number of nitrogens with zero attached hydrogens (tertiary/aromatic N) is 1. The quantitative estimate of drug-likeness (QED) is 0.720. The third kappa shape index (κ3) is 3.88.